The summed E-state index contributed by atoms with van der Waals surface area (Å²) in [5, 5.41) is 12.5. The second-order valence-electron chi connectivity index (χ2n) is 2.97. The van der Waals surface area contributed by atoms with E-state index in [0.29, 0.717) is 0 Å². The Morgan fingerprint density at radius 1 is 1.47 bits per heavy atom. The SMILES string of the molecule is COC(=O)CCC(=O)Nc1nc(C(=O)O)cs1. The zero-order chi connectivity index (χ0) is 12.8. The average molecular weight is 258 g/mol. The van der Waals surface area contributed by atoms with Gasteiger partial charge in [-0.2, -0.15) is 0 Å². The van der Waals surface area contributed by atoms with Gasteiger partial charge in [0.1, 0.15) is 0 Å². The average Bonchev–Trinajstić information content (AvgIpc) is 2.74. The zero-order valence-corrected chi connectivity index (χ0v) is 9.74. The van der Waals surface area contributed by atoms with Gasteiger partial charge in [0.05, 0.1) is 13.5 Å². The standard InChI is InChI=1S/C9H10N2O5S/c1-16-7(13)3-2-6(12)11-9-10-5(4-17-9)8(14)15/h4H,2-3H2,1H3,(H,14,15)(H,10,11,12). The van der Waals surface area contributed by atoms with E-state index in [-0.39, 0.29) is 23.7 Å². The third kappa shape index (κ3) is 4.19. The van der Waals surface area contributed by atoms with Gasteiger partial charge in [0, 0.05) is 11.8 Å². The molecule has 0 saturated carbocycles. The monoisotopic (exact) mass is 258 g/mol. The summed E-state index contributed by atoms with van der Waals surface area (Å²) in [6, 6.07) is 0. The number of hydrogen-bond donors (Lipinski definition) is 2. The zero-order valence-electron chi connectivity index (χ0n) is 8.93. The van der Waals surface area contributed by atoms with Gasteiger partial charge in [-0.1, -0.05) is 0 Å². The number of carboxylic acid groups (broad SMARTS) is 1. The summed E-state index contributed by atoms with van der Waals surface area (Å²) >= 11 is 1.01. The molecule has 0 atom stereocenters. The molecule has 2 N–H and O–H groups in total. The van der Waals surface area contributed by atoms with Crippen LogP contribution in [0.4, 0.5) is 5.13 Å². The lowest BCUT2D eigenvalue weighted by atomic mass is 10.3. The van der Waals surface area contributed by atoms with Crippen molar-refractivity contribution in [3.63, 3.8) is 0 Å². The maximum absolute atomic E-state index is 11.3. The molecule has 0 aromatic carbocycles. The van der Waals surface area contributed by atoms with Crippen LogP contribution in [0, 0.1) is 0 Å². The number of carbonyl (C=O) groups is 3. The fraction of sp³-hybridized carbons (Fsp3) is 0.333. The van der Waals surface area contributed by atoms with E-state index >= 15 is 0 Å². The summed E-state index contributed by atoms with van der Waals surface area (Å²) in [5.41, 5.74) is -0.127. The van der Waals surface area contributed by atoms with Crippen molar-refractivity contribution in [2.75, 3.05) is 12.4 Å². The Morgan fingerprint density at radius 2 is 2.18 bits per heavy atom. The first kappa shape index (κ1) is 13.1. The molecule has 8 heteroatoms. The number of nitrogens with zero attached hydrogens (tertiary/aromatic N) is 1. The number of aromatic carboxylic acids is 1. The van der Waals surface area contributed by atoms with Gasteiger partial charge in [-0.3, -0.25) is 9.59 Å². The third-order valence-corrected chi connectivity index (χ3v) is 2.51. The van der Waals surface area contributed by atoms with E-state index < -0.39 is 17.8 Å². The second kappa shape index (κ2) is 5.94. The molecule has 0 bridgehead atoms. The lowest BCUT2D eigenvalue weighted by Crippen LogP contribution is -2.14. The number of carbonyl (C=O) groups excluding carboxylic acids is 2. The molecule has 1 amide bonds. The Balaban J connectivity index is 2.45. The normalized spacial score (nSPS) is 9.71. The largest absolute Gasteiger partial charge is 0.476 e. The molecule has 92 valence electrons. The van der Waals surface area contributed by atoms with Crippen LogP contribution in [-0.4, -0.2) is 35.0 Å². The van der Waals surface area contributed by atoms with E-state index in [0.717, 1.165) is 11.3 Å². The number of aromatic nitrogens is 1. The molecule has 0 aliphatic heterocycles. The lowest BCUT2D eigenvalue weighted by Gasteiger charge is -2.00. The summed E-state index contributed by atoms with van der Waals surface area (Å²) in [6.45, 7) is 0. The number of rotatable bonds is 5. The van der Waals surface area contributed by atoms with Gasteiger partial charge in [0.2, 0.25) is 5.91 Å². The summed E-state index contributed by atoms with van der Waals surface area (Å²) in [5.74, 6) is -2.05. The van der Waals surface area contributed by atoms with Gasteiger partial charge < -0.3 is 15.2 Å². The Kier molecular flexibility index (Phi) is 4.58. The highest BCUT2D eigenvalue weighted by Gasteiger charge is 2.12. The van der Waals surface area contributed by atoms with Crippen LogP contribution in [0.5, 0.6) is 0 Å². The van der Waals surface area contributed by atoms with E-state index in [2.05, 4.69) is 15.0 Å². The summed E-state index contributed by atoms with van der Waals surface area (Å²) in [7, 11) is 1.24. The Hall–Kier alpha value is -1.96. The minimum absolute atomic E-state index is 0.0283. The number of esters is 1. The number of carboxylic acids is 1. The molecule has 0 unspecified atom stereocenters. The van der Waals surface area contributed by atoms with Crippen LogP contribution in [0.15, 0.2) is 5.38 Å². The Labute approximate surface area is 100 Å². The van der Waals surface area contributed by atoms with E-state index in [1.54, 1.807) is 0 Å². The quantitative estimate of drug-likeness (QED) is 0.754. The van der Waals surface area contributed by atoms with Gasteiger partial charge in [-0.15, -0.1) is 11.3 Å². The van der Waals surface area contributed by atoms with Crippen LogP contribution in [0.25, 0.3) is 0 Å². The van der Waals surface area contributed by atoms with Crippen molar-refractivity contribution in [3.8, 4) is 0 Å². The molecule has 1 aromatic rings. The number of anilines is 1. The molecule has 1 aromatic heterocycles. The highest BCUT2D eigenvalue weighted by atomic mass is 32.1. The molecule has 7 nitrogen and oxygen atoms in total. The van der Waals surface area contributed by atoms with Crippen molar-refractivity contribution in [2.45, 2.75) is 12.8 Å². The molecule has 0 saturated heterocycles. The number of ether oxygens (including phenoxy) is 1. The maximum atomic E-state index is 11.3. The lowest BCUT2D eigenvalue weighted by molar-refractivity contribution is -0.141. The smallest absolute Gasteiger partial charge is 0.355 e. The first-order valence-corrected chi connectivity index (χ1v) is 5.46. The molecule has 0 radical (unpaired) electrons. The third-order valence-electron chi connectivity index (χ3n) is 1.75. The predicted molar refractivity (Wildman–Crippen MR) is 59.0 cm³/mol. The summed E-state index contributed by atoms with van der Waals surface area (Å²) in [4.78, 5) is 36.3. The maximum Gasteiger partial charge on any atom is 0.355 e. The topological polar surface area (TPSA) is 106 Å². The van der Waals surface area contributed by atoms with Crippen LogP contribution < -0.4 is 5.32 Å². The van der Waals surface area contributed by atoms with Crippen LogP contribution in [0.3, 0.4) is 0 Å². The van der Waals surface area contributed by atoms with Crippen molar-refractivity contribution < 1.29 is 24.2 Å². The van der Waals surface area contributed by atoms with E-state index in [9.17, 15) is 14.4 Å². The van der Waals surface area contributed by atoms with E-state index in [1.165, 1.54) is 12.5 Å². The summed E-state index contributed by atoms with van der Waals surface area (Å²) < 4.78 is 4.38. The van der Waals surface area contributed by atoms with Crippen molar-refractivity contribution in [2.24, 2.45) is 0 Å². The number of hydrogen-bond acceptors (Lipinski definition) is 6. The Bertz CT molecular complexity index is 442. The molecular formula is C9H10N2O5S. The van der Waals surface area contributed by atoms with Gasteiger partial charge in [0.25, 0.3) is 0 Å². The molecule has 0 aliphatic carbocycles. The minimum atomic E-state index is -1.16. The molecule has 0 spiro atoms. The van der Waals surface area contributed by atoms with Gasteiger partial charge in [-0.25, -0.2) is 9.78 Å². The first-order valence-electron chi connectivity index (χ1n) is 4.58. The van der Waals surface area contributed by atoms with Crippen LogP contribution >= 0.6 is 11.3 Å². The number of methoxy groups -OCH3 is 1. The van der Waals surface area contributed by atoms with Gasteiger partial charge >= 0.3 is 11.9 Å². The minimum Gasteiger partial charge on any atom is -0.476 e. The van der Waals surface area contributed by atoms with Crippen molar-refractivity contribution in [1.29, 1.82) is 0 Å². The molecule has 1 rings (SSSR count). The van der Waals surface area contributed by atoms with Gasteiger partial charge in [0.15, 0.2) is 10.8 Å². The van der Waals surface area contributed by atoms with E-state index in [4.69, 9.17) is 5.11 Å². The van der Waals surface area contributed by atoms with Crippen LogP contribution in [0.2, 0.25) is 0 Å². The van der Waals surface area contributed by atoms with Crippen LogP contribution in [0.1, 0.15) is 23.3 Å². The highest BCUT2D eigenvalue weighted by Crippen LogP contribution is 2.15. The van der Waals surface area contributed by atoms with Crippen LogP contribution in [-0.2, 0) is 14.3 Å². The van der Waals surface area contributed by atoms with Gasteiger partial charge in [-0.05, 0) is 0 Å². The predicted octanol–water partition coefficient (Wildman–Crippen LogP) is 0.733. The molecule has 0 aliphatic rings. The molecular weight excluding hydrogens is 248 g/mol. The number of thiazole rings is 1. The first-order chi connectivity index (χ1) is 8.02. The number of amides is 1. The highest BCUT2D eigenvalue weighted by molar-refractivity contribution is 7.14. The second-order valence-corrected chi connectivity index (χ2v) is 3.83. The molecule has 0 fully saturated rings. The Morgan fingerprint density at radius 3 is 2.71 bits per heavy atom. The summed E-state index contributed by atoms with van der Waals surface area (Å²) in [6.07, 6.45) is -0.0614. The van der Waals surface area contributed by atoms with E-state index in [1.807, 2.05) is 0 Å². The molecule has 17 heavy (non-hydrogen) atoms. The van der Waals surface area contributed by atoms with Crippen molar-refractivity contribution >= 4 is 34.3 Å². The fourth-order valence-corrected chi connectivity index (χ4v) is 1.63. The van der Waals surface area contributed by atoms with Crippen molar-refractivity contribution in [1.82, 2.24) is 4.98 Å². The van der Waals surface area contributed by atoms with Crippen molar-refractivity contribution in [3.05, 3.63) is 11.1 Å². The molecule has 1 heterocycles. The fourth-order valence-electron chi connectivity index (χ4n) is 0.929. The number of nitrogens with one attached hydrogen (secondary N) is 1.